The summed E-state index contributed by atoms with van der Waals surface area (Å²) in [6.07, 6.45) is 0. The number of nitrogen functional groups attached to an aromatic ring is 1. The Labute approximate surface area is 109 Å². The van der Waals surface area contributed by atoms with Gasteiger partial charge in [-0.1, -0.05) is 19.9 Å². The van der Waals surface area contributed by atoms with E-state index in [9.17, 15) is 0 Å². The zero-order valence-corrected chi connectivity index (χ0v) is 11.4. The van der Waals surface area contributed by atoms with Crippen LogP contribution in [0.15, 0.2) is 30.3 Å². The summed E-state index contributed by atoms with van der Waals surface area (Å²) in [4.78, 5) is 7.13. The van der Waals surface area contributed by atoms with E-state index in [0.29, 0.717) is 6.04 Å². The minimum absolute atomic E-state index is 0.349. The molecule has 0 bridgehead atoms. The number of fused-ring (bicyclic) bond motifs is 1. The molecule has 1 aromatic heterocycles. The van der Waals surface area contributed by atoms with Crippen LogP contribution in [0.4, 0.5) is 5.69 Å². The van der Waals surface area contributed by atoms with E-state index in [1.54, 1.807) is 0 Å². The lowest BCUT2D eigenvalue weighted by Gasteiger charge is -2.25. The molecule has 3 nitrogen and oxygen atoms in total. The number of benzene rings is 1. The minimum Gasteiger partial charge on any atom is -0.399 e. The van der Waals surface area contributed by atoms with Crippen molar-refractivity contribution in [3.8, 4) is 0 Å². The molecule has 2 rings (SSSR count). The molecule has 2 N–H and O–H groups in total. The maximum Gasteiger partial charge on any atom is 0.0707 e. The van der Waals surface area contributed by atoms with E-state index in [-0.39, 0.29) is 0 Å². The van der Waals surface area contributed by atoms with E-state index in [1.165, 1.54) is 0 Å². The molecule has 0 radical (unpaired) electrons. The number of rotatable bonds is 4. The Kier molecular flexibility index (Phi) is 3.82. The second kappa shape index (κ2) is 5.36. The van der Waals surface area contributed by atoms with Crippen LogP contribution in [0.25, 0.3) is 10.9 Å². The van der Waals surface area contributed by atoms with Crippen molar-refractivity contribution in [2.24, 2.45) is 0 Å². The molecule has 0 saturated carbocycles. The summed E-state index contributed by atoms with van der Waals surface area (Å²) in [7, 11) is 0. The van der Waals surface area contributed by atoms with Gasteiger partial charge in [-0.05, 0) is 44.3 Å². The van der Waals surface area contributed by atoms with Crippen LogP contribution in [0.2, 0.25) is 0 Å². The highest BCUT2D eigenvalue weighted by atomic mass is 15.1. The molecule has 1 atom stereocenters. The SMILES string of the molecule is CCN(CC)C(C)c1ccc2cc(N)ccc2n1. The Morgan fingerprint density at radius 3 is 2.56 bits per heavy atom. The van der Waals surface area contributed by atoms with Crippen LogP contribution in [0.5, 0.6) is 0 Å². The number of anilines is 1. The van der Waals surface area contributed by atoms with Crippen LogP contribution in [-0.4, -0.2) is 23.0 Å². The third kappa shape index (κ3) is 2.46. The van der Waals surface area contributed by atoms with E-state index in [4.69, 9.17) is 10.7 Å². The third-order valence-electron chi connectivity index (χ3n) is 3.52. The van der Waals surface area contributed by atoms with Crippen molar-refractivity contribution in [3.05, 3.63) is 36.0 Å². The maximum absolute atomic E-state index is 5.78. The van der Waals surface area contributed by atoms with Gasteiger partial charge in [0.25, 0.3) is 0 Å². The van der Waals surface area contributed by atoms with Gasteiger partial charge in [0.15, 0.2) is 0 Å². The van der Waals surface area contributed by atoms with Gasteiger partial charge in [-0.15, -0.1) is 0 Å². The van der Waals surface area contributed by atoms with Crippen LogP contribution >= 0.6 is 0 Å². The lowest BCUT2D eigenvalue weighted by atomic mass is 10.1. The van der Waals surface area contributed by atoms with Crippen LogP contribution < -0.4 is 5.73 Å². The Balaban J connectivity index is 2.37. The highest BCUT2D eigenvalue weighted by Crippen LogP contribution is 2.22. The average Bonchev–Trinajstić information content (AvgIpc) is 2.39. The predicted octanol–water partition coefficient (Wildman–Crippen LogP) is 3.22. The first-order valence-corrected chi connectivity index (χ1v) is 6.56. The van der Waals surface area contributed by atoms with Gasteiger partial charge < -0.3 is 5.73 Å². The van der Waals surface area contributed by atoms with Crippen LogP contribution in [0, 0.1) is 0 Å². The van der Waals surface area contributed by atoms with Gasteiger partial charge in [-0.2, -0.15) is 0 Å². The molecule has 96 valence electrons. The summed E-state index contributed by atoms with van der Waals surface area (Å²) in [6, 6.07) is 10.4. The topological polar surface area (TPSA) is 42.1 Å². The van der Waals surface area contributed by atoms with E-state index in [1.807, 2.05) is 18.2 Å². The van der Waals surface area contributed by atoms with Crippen molar-refractivity contribution in [2.45, 2.75) is 26.8 Å². The average molecular weight is 243 g/mol. The molecule has 1 unspecified atom stereocenters. The molecule has 0 aliphatic rings. The molecule has 1 heterocycles. The highest BCUT2D eigenvalue weighted by molar-refractivity contribution is 5.81. The number of nitrogens with zero attached hydrogens (tertiary/aromatic N) is 2. The van der Waals surface area contributed by atoms with E-state index >= 15 is 0 Å². The zero-order chi connectivity index (χ0) is 13.1. The third-order valence-corrected chi connectivity index (χ3v) is 3.52. The van der Waals surface area contributed by atoms with Gasteiger partial charge in [0.1, 0.15) is 0 Å². The van der Waals surface area contributed by atoms with Crippen molar-refractivity contribution in [1.29, 1.82) is 0 Å². The molecule has 0 amide bonds. The normalized spacial score (nSPS) is 13.1. The van der Waals surface area contributed by atoms with Crippen LogP contribution in [-0.2, 0) is 0 Å². The number of hydrogen-bond acceptors (Lipinski definition) is 3. The lowest BCUT2D eigenvalue weighted by molar-refractivity contribution is 0.230. The molecule has 2 aromatic rings. The maximum atomic E-state index is 5.78. The van der Waals surface area contributed by atoms with E-state index in [0.717, 1.165) is 35.4 Å². The molecular weight excluding hydrogens is 222 g/mol. The smallest absolute Gasteiger partial charge is 0.0707 e. The fourth-order valence-corrected chi connectivity index (χ4v) is 2.35. The summed E-state index contributed by atoms with van der Waals surface area (Å²) in [5.41, 5.74) is 8.70. The highest BCUT2D eigenvalue weighted by Gasteiger charge is 2.13. The summed E-state index contributed by atoms with van der Waals surface area (Å²) in [5.74, 6) is 0. The summed E-state index contributed by atoms with van der Waals surface area (Å²) in [6.45, 7) is 8.65. The van der Waals surface area contributed by atoms with Gasteiger partial charge in [0.05, 0.1) is 11.2 Å². The quantitative estimate of drug-likeness (QED) is 0.838. The molecule has 0 fully saturated rings. The Bertz CT molecular complexity index is 532. The molecular formula is C15H21N3. The van der Waals surface area contributed by atoms with Crippen molar-refractivity contribution >= 4 is 16.6 Å². The monoisotopic (exact) mass is 243 g/mol. The second-order valence-corrected chi connectivity index (χ2v) is 4.59. The van der Waals surface area contributed by atoms with E-state index in [2.05, 4.69) is 37.8 Å². The predicted molar refractivity (Wildman–Crippen MR) is 77.5 cm³/mol. The van der Waals surface area contributed by atoms with Crippen LogP contribution in [0.3, 0.4) is 0 Å². The Hall–Kier alpha value is -1.61. The summed E-state index contributed by atoms with van der Waals surface area (Å²) < 4.78 is 0. The second-order valence-electron chi connectivity index (χ2n) is 4.59. The molecule has 0 aliphatic heterocycles. The molecule has 0 aliphatic carbocycles. The molecule has 0 saturated heterocycles. The molecule has 0 spiro atoms. The van der Waals surface area contributed by atoms with Gasteiger partial charge in [0.2, 0.25) is 0 Å². The summed E-state index contributed by atoms with van der Waals surface area (Å²) in [5, 5.41) is 1.10. The van der Waals surface area contributed by atoms with Gasteiger partial charge in [0, 0.05) is 17.1 Å². The minimum atomic E-state index is 0.349. The standard InChI is InChI=1S/C15H21N3/c1-4-18(5-2)11(3)14-8-6-12-10-13(16)7-9-15(12)17-14/h6-11H,4-5,16H2,1-3H3. The zero-order valence-electron chi connectivity index (χ0n) is 11.4. The number of aromatic nitrogens is 1. The van der Waals surface area contributed by atoms with Crippen molar-refractivity contribution in [2.75, 3.05) is 18.8 Å². The van der Waals surface area contributed by atoms with Crippen molar-refractivity contribution in [1.82, 2.24) is 9.88 Å². The van der Waals surface area contributed by atoms with Crippen LogP contribution in [0.1, 0.15) is 32.5 Å². The van der Waals surface area contributed by atoms with Gasteiger partial charge in [-0.3, -0.25) is 9.88 Å². The Morgan fingerprint density at radius 1 is 1.17 bits per heavy atom. The molecule has 1 aromatic carbocycles. The fraction of sp³-hybridized carbons (Fsp3) is 0.400. The number of pyridine rings is 1. The largest absolute Gasteiger partial charge is 0.399 e. The molecule has 3 heteroatoms. The molecule has 18 heavy (non-hydrogen) atoms. The number of hydrogen-bond donors (Lipinski definition) is 1. The first-order chi connectivity index (χ1) is 8.65. The van der Waals surface area contributed by atoms with Gasteiger partial charge in [-0.25, -0.2) is 0 Å². The van der Waals surface area contributed by atoms with Crippen molar-refractivity contribution < 1.29 is 0 Å². The number of nitrogens with two attached hydrogens (primary N) is 1. The summed E-state index contributed by atoms with van der Waals surface area (Å²) >= 11 is 0. The first-order valence-electron chi connectivity index (χ1n) is 6.56. The van der Waals surface area contributed by atoms with Gasteiger partial charge >= 0.3 is 0 Å². The Morgan fingerprint density at radius 2 is 1.89 bits per heavy atom. The van der Waals surface area contributed by atoms with Crippen molar-refractivity contribution in [3.63, 3.8) is 0 Å². The van der Waals surface area contributed by atoms with E-state index < -0.39 is 0 Å². The first kappa shape index (κ1) is 12.8. The lowest BCUT2D eigenvalue weighted by Crippen LogP contribution is -2.27. The fourth-order valence-electron chi connectivity index (χ4n) is 2.35.